The van der Waals surface area contributed by atoms with Crippen LogP contribution in [-0.2, 0) is 0 Å². The van der Waals surface area contributed by atoms with Crippen molar-refractivity contribution >= 4 is 47.8 Å². The maximum absolute atomic E-state index is 10.6. The fourth-order valence-electron chi connectivity index (χ4n) is 1.88. The fourth-order valence-corrected chi connectivity index (χ4v) is 3.29. The lowest BCUT2D eigenvalue weighted by Gasteiger charge is -2.16. The predicted octanol–water partition coefficient (Wildman–Crippen LogP) is 5.45. The summed E-state index contributed by atoms with van der Waals surface area (Å²) < 4.78 is 8.06. The van der Waals surface area contributed by atoms with Crippen LogP contribution < -0.4 is 4.74 Å². The van der Waals surface area contributed by atoms with Crippen LogP contribution in [0.25, 0.3) is 0 Å². The minimum Gasteiger partial charge on any atom is -0.494 e. The van der Waals surface area contributed by atoms with Crippen molar-refractivity contribution in [2.24, 2.45) is 0 Å². The quantitative estimate of drug-likeness (QED) is 0.651. The van der Waals surface area contributed by atoms with Gasteiger partial charge in [-0.3, -0.25) is 0 Å². The summed E-state index contributed by atoms with van der Waals surface area (Å²) in [5, 5.41) is 10.6. The number of ether oxygens (including phenoxy) is 1. The topological polar surface area (TPSA) is 29.5 Å². The lowest BCUT2D eigenvalue weighted by atomic mass is 10.0. The van der Waals surface area contributed by atoms with Crippen molar-refractivity contribution in [2.75, 3.05) is 6.61 Å². The molecule has 0 fully saturated rings. The Morgan fingerprint density at radius 1 is 1.00 bits per heavy atom. The normalized spacial score (nSPS) is 12.2. The molecule has 2 aromatic carbocycles. The Bertz CT molecular complexity index is 614. The highest BCUT2D eigenvalue weighted by atomic mass is 79.9. The summed E-state index contributed by atoms with van der Waals surface area (Å²) in [7, 11) is 0. The van der Waals surface area contributed by atoms with Gasteiger partial charge < -0.3 is 9.84 Å². The highest BCUT2D eigenvalue weighted by molar-refractivity contribution is 9.11. The lowest BCUT2D eigenvalue weighted by Crippen LogP contribution is -2.02. The molecule has 1 N–H and O–H groups in total. The van der Waals surface area contributed by atoms with Gasteiger partial charge in [0.2, 0.25) is 0 Å². The molecule has 0 heterocycles. The van der Waals surface area contributed by atoms with E-state index < -0.39 is 6.10 Å². The standard InChI is InChI=1S/C15H13Br3O2/c1-2-20-10-4-5-11(14(18)8-10)15(19)12-7-9(16)3-6-13(12)17/h3-8,15,19H,2H2,1H3. The van der Waals surface area contributed by atoms with E-state index in [-0.39, 0.29) is 0 Å². The Kier molecular flexibility index (Phi) is 5.66. The van der Waals surface area contributed by atoms with Gasteiger partial charge in [-0.05, 0) is 42.8 Å². The summed E-state index contributed by atoms with van der Waals surface area (Å²) in [5.41, 5.74) is 1.61. The number of rotatable bonds is 4. The van der Waals surface area contributed by atoms with Gasteiger partial charge in [0.15, 0.2) is 0 Å². The average Bonchev–Trinajstić information content (AvgIpc) is 2.41. The van der Waals surface area contributed by atoms with Crippen LogP contribution in [0.2, 0.25) is 0 Å². The van der Waals surface area contributed by atoms with Gasteiger partial charge in [0.05, 0.1) is 6.61 Å². The molecule has 5 heteroatoms. The van der Waals surface area contributed by atoms with E-state index in [9.17, 15) is 5.11 Å². The molecule has 0 saturated carbocycles. The maximum Gasteiger partial charge on any atom is 0.120 e. The highest BCUT2D eigenvalue weighted by Gasteiger charge is 2.17. The number of aliphatic hydroxyl groups is 1. The second-order valence-corrected chi connectivity index (χ2v) is 6.81. The third kappa shape index (κ3) is 3.64. The molecular weight excluding hydrogens is 452 g/mol. The molecule has 0 aliphatic heterocycles. The molecule has 2 rings (SSSR count). The maximum atomic E-state index is 10.6. The monoisotopic (exact) mass is 462 g/mol. The molecule has 0 aromatic heterocycles. The minimum absolute atomic E-state index is 0.617. The second-order valence-electron chi connectivity index (χ2n) is 4.18. The Labute approximate surface area is 143 Å². The van der Waals surface area contributed by atoms with Crippen LogP contribution in [0.1, 0.15) is 24.2 Å². The van der Waals surface area contributed by atoms with Gasteiger partial charge in [-0.15, -0.1) is 0 Å². The van der Waals surface area contributed by atoms with Crippen molar-refractivity contribution in [2.45, 2.75) is 13.0 Å². The molecule has 106 valence electrons. The van der Waals surface area contributed by atoms with Gasteiger partial charge in [-0.25, -0.2) is 0 Å². The zero-order valence-corrected chi connectivity index (χ0v) is 15.5. The van der Waals surface area contributed by atoms with Crippen LogP contribution in [0, 0.1) is 0 Å². The first-order chi connectivity index (χ1) is 9.52. The smallest absolute Gasteiger partial charge is 0.120 e. The molecule has 1 unspecified atom stereocenters. The zero-order chi connectivity index (χ0) is 14.7. The van der Waals surface area contributed by atoms with Crippen molar-refractivity contribution in [3.63, 3.8) is 0 Å². The summed E-state index contributed by atoms with van der Waals surface area (Å²) in [5.74, 6) is 0.781. The number of hydrogen-bond donors (Lipinski definition) is 1. The van der Waals surface area contributed by atoms with Crippen LogP contribution in [0.3, 0.4) is 0 Å². The van der Waals surface area contributed by atoms with Gasteiger partial charge in [0.25, 0.3) is 0 Å². The summed E-state index contributed by atoms with van der Waals surface area (Å²) in [4.78, 5) is 0. The van der Waals surface area contributed by atoms with Crippen LogP contribution in [0.5, 0.6) is 5.75 Å². The Morgan fingerprint density at radius 3 is 2.40 bits per heavy atom. The van der Waals surface area contributed by atoms with Gasteiger partial charge >= 0.3 is 0 Å². The number of aliphatic hydroxyl groups excluding tert-OH is 1. The van der Waals surface area contributed by atoms with E-state index in [4.69, 9.17) is 4.74 Å². The van der Waals surface area contributed by atoms with Crippen LogP contribution in [-0.4, -0.2) is 11.7 Å². The molecule has 0 radical (unpaired) electrons. The van der Waals surface area contributed by atoms with Gasteiger partial charge in [0, 0.05) is 19.0 Å². The lowest BCUT2D eigenvalue weighted by molar-refractivity contribution is 0.218. The molecule has 2 aromatic rings. The first-order valence-electron chi connectivity index (χ1n) is 6.08. The van der Waals surface area contributed by atoms with E-state index in [0.29, 0.717) is 6.61 Å². The Balaban J connectivity index is 2.38. The van der Waals surface area contributed by atoms with E-state index in [0.717, 1.165) is 30.3 Å². The molecule has 0 bridgehead atoms. The molecule has 0 aliphatic rings. The molecule has 0 aliphatic carbocycles. The van der Waals surface area contributed by atoms with E-state index >= 15 is 0 Å². The van der Waals surface area contributed by atoms with Crippen molar-refractivity contribution in [1.29, 1.82) is 0 Å². The minimum atomic E-state index is -0.716. The summed E-state index contributed by atoms with van der Waals surface area (Å²) in [6, 6.07) is 11.3. The van der Waals surface area contributed by atoms with Crippen LogP contribution in [0.15, 0.2) is 49.8 Å². The second kappa shape index (κ2) is 7.07. The molecule has 0 saturated heterocycles. The fraction of sp³-hybridized carbons (Fsp3) is 0.200. The average molecular weight is 465 g/mol. The van der Waals surface area contributed by atoms with Gasteiger partial charge in [0.1, 0.15) is 11.9 Å². The first-order valence-corrected chi connectivity index (χ1v) is 8.46. The van der Waals surface area contributed by atoms with E-state index in [1.54, 1.807) is 0 Å². The first kappa shape index (κ1) is 16.0. The van der Waals surface area contributed by atoms with E-state index in [1.165, 1.54) is 0 Å². The summed E-state index contributed by atoms with van der Waals surface area (Å²) in [6.07, 6.45) is -0.716. The largest absolute Gasteiger partial charge is 0.494 e. The number of benzene rings is 2. The van der Waals surface area contributed by atoms with Gasteiger partial charge in [-0.2, -0.15) is 0 Å². The van der Waals surface area contributed by atoms with E-state index in [1.807, 2.05) is 43.3 Å². The van der Waals surface area contributed by atoms with Crippen LogP contribution >= 0.6 is 47.8 Å². The van der Waals surface area contributed by atoms with Crippen molar-refractivity contribution < 1.29 is 9.84 Å². The Morgan fingerprint density at radius 2 is 1.75 bits per heavy atom. The number of halogens is 3. The SMILES string of the molecule is CCOc1ccc(C(O)c2cc(Br)ccc2Br)c(Br)c1. The van der Waals surface area contributed by atoms with Crippen LogP contribution in [0.4, 0.5) is 0 Å². The zero-order valence-electron chi connectivity index (χ0n) is 10.7. The van der Waals surface area contributed by atoms with Crippen molar-refractivity contribution in [3.8, 4) is 5.75 Å². The number of hydrogen-bond acceptors (Lipinski definition) is 2. The third-order valence-electron chi connectivity index (χ3n) is 2.83. The summed E-state index contributed by atoms with van der Waals surface area (Å²) >= 11 is 10.4. The Hall–Kier alpha value is -0.360. The van der Waals surface area contributed by atoms with E-state index in [2.05, 4.69) is 47.8 Å². The predicted molar refractivity (Wildman–Crippen MR) is 91.2 cm³/mol. The van der Waals surface area contributed by atoms with Crippen molar-refractivity contribution in [1.82, 2.24) is 0 Å². The molecule has 20 heavy (non-hydrogen) atoms. The molecular formula is C15H13Br3O2. The molecule has 1 atom stereocenters. The molecule has 0 spiro atoms. The molecule has 2 nitrogen and oxygen atoms in total. The highest BCUT2D eigenvalue weighted by Crippen LogP contribution is 2.35. The van der Waals surface area contributed by atoms with Gasteiger partial charge in [-0.1, -0.05) is 53.9 Å². The third-order valence-corrected chi connectivity index (χ3v) is 4.73. The van der Waals surface area contributed by atoms with Crippen molar-refractivity contribution in [3.05, 3.63) is 60.9 Å². The summed E-state index contributed by atoms with van der Waals surface area (Å²) in [6.45, 7) is 2.56. The molecule has 0 amide bonds.